The normalized spacial score (nSPS) is 13.1. The second-order valence-electron chi connectivity index (χ2n) is 8.85. The van der Waals surface area contributed by atoms with E-state index in [4.69, 9.17) is 4.98 Å². The summed E-state index contributed by atoms with van der Waals surface area (Å²) < 4.78 is 2.32. The number of carbonyl (C=O) groups is 2. The number of hydrogen-bond donors (Lipinski definition) is 1. The fourth-order valence-corrected chi connectivity index (χ4v) is 5.12. The van der Waals surface area contributed by atoms with Crippen LogP contribution in [-0.4, -0.2) is 49.4 Å². The molecular weight excluding hydrogens is 583 g/mol. The second-order valence-corrected chi connectivity index (χ2v) is 10.1. The highest BCUT2D eigenvalue weighted by Gasteiger charge is 2.36. The van der Waals surface area contributed by atoms with Gasteiger partial charge in [0, 0.05) is 15.7 Å². The average Bonchev–Trinajstić information content (AvgIpc) is 3.14. The lowest BCUT2D eigenvalue weighted by molar-refractivity contribution is 0.0637. The minimum Gasteiger partial charge on any atom is -0.508 e. The predicted molar refractivity (Wildman–Crippen MR) is 149 cm³/mol. The Hall–Kier alpha value is -3.57. The first-order valence-corrected chi connectivity index (χ1v) is 13.1. The standard InChI is InChI=1S/C28H25IN4O4/c1-3-31(4-2)15-17-13-19(10-12-24(17)34)33-25(30-23-11-9-18(29)14-22(23)28(33)37)16-32-26(35)20-7-5-6-8-21(20)27(32)36/h5-14,34H,3-4,15-16H2,1-2H3. The van der Waals surface area contributed by atoms with E-state index in [0.29, 0.717) is 39.8 Å². The Balaban J connectivity index is 1.67. The van der Waals surface area contributed by atoms with Crippen molar-refractivity contribution in [2.45, 2.75) is 26.9 Å². The lowest BCUT2D eigenvalue weighted by Crippen LogP contribution is -2.34. The molecule has 0 atom stereocenters. The van der Waals surface area contributed by atoms with Crippen molar-refractivity contribution >= 4 is 45.3 Å². The van der Waals surface area contributed by atoms with E-state index in [0.717, 1.165) is 21.6 Å². The molecule has 0 fully saturated rings. The number of nitrogens with zero attached hydrogens (tertiary/aromatic N) is 4. The molecule has 8 nitrogen and oxygen atoms in total. The molecule has 1 aliphatic rings. The number of hydrogen-bond acceptors (Lipinski definition) is 6. The van der Waals surface area contributed by atoms with Gasteiger partial charge in [0.05, 0.1) is 34.3 Å². The van der Waals surface area contributed by atoms with E-state index in [-0.39, 0.29) is 23.7 Å². The van der Waals surface area contributed by atoms with Gasteiger partial charge >= 0.3 is 0 Å². The van der Waals surface area contributed by atoms with E-state index < -0.39 is 11.8 Å². The predicted octanol–water partition coefficient (Wildman–Crippen LogP) is 4.33. The highest BCUT2D eigenvalue weighted by molar-refractivity contribution is 14.1. The van der Waals surface area contributed by atoms with Gasteiger partial charge in [-0.05, 0) is 84.2 Å². The van der Waals surface area contributed by atoms with Gasteiger partial charge < -0.3 is 5.11 Å². The quantitative estimate of drug-likeness (QED) is 0.248. The third-order valence-corrected chi connectivity index (χ3v) is 7.36. The maximum absolute atomic E-state index is 13.8. The second kappa shape index (κ2) is 10.1. The van der Waals surface area contributed by atoms with Gasteiger partial charge in [0.15, 0.2) is 0 Å². The number of rotatable bonds is 7. The SMILES string of the molecule is CCN(CC)Cc1cc(-n2c(CN3C(=O)c4ccccc4C3=O)nc3ccc(I)cc3c2=O)ccc1O. The van der Waals surface area contributed by atoms with Crippen LogP contribution in [0.1, 0.15) is 46.0 Å². The Labute approximate surface area is 227 Å². The molecule has 0 saturated heterocycles. The molecule has 0 unspecified atom stereocenters. The molecule has 0 radical (unpaired) electrons. The van der Waals surface area contributed by atoms with Gasteiger partial charge in [-0.3, -0.25) is 28.8 Å². The van der Waals surface area contributed by atoms with Crippen LogP contribution in [0.25, 0.3) is 16.6 Å². The third kappa shape index (κ3) is 4.53. The number of imide groups is 1. The van der Waals surface area contributed by atoms with Crippen LogP contribution < -0.4 is 5.56 Å². The summed E-state index contributed by atoms with van der Waals surface area (Å²) in [5, 5.41) is 11.0. The zero-order chi connectivity index (χ0) is 26.3. The highest BCUT2D eigenvalue weighted by atomic mass is 127. The van der Waals surface area contributed by atoms with Crippen molar-refractivity contribution in [2.24, 2.45) is 0 Å². The molecular formula is C28H25IN4O4. The summed E-state index contributed by atoms with van der Waals surface area (Å²) in [6.07, 6.45) is 0. The van der Waals surface area contributed by atoms with Crippen molar-refractivity contribution in [3.05, 3.63) is 97.1 Å². The van der Waals surface area contributed by atoms with E-state index in [1.807, 2.05) is 19.9 Å². The molecule has 1 aromatic heterocycles. The monoisotopic (exact) mass is 608 g/mol. The molecule has 5 rings (SSSR count). The Bertz CT molecular complexity index is 1580. The van der Waals surface area contributed by atoms with E-state index in [2.05, 4.69) is 27.5 Å². The van der Waals surface area contributed by atoms with E-state index in [9.17, 15) is 19.5 Å². The molecule has 9 heteroatoms. The molecule has 4 aromatic rings. The molecule has 2 amide bonds. The van der Waals surface area contributed by atoms with E-state index in [1.54, 1.807) is 54.6 Å². The van der Waals surface area contributed by atoms with Crippen LogP contribution in [0, 0.1) is 3.57 Å². The molecule has 1 N–H and O–H groups in total. The smallest absolute Gasteiger partial charge is 0.266 e. The average molecular weight is 608 g/mol. The number of halogens is 1. The van der Waals surface area contributed by atoms with Crippen LogP contribution in [0.4, 0.5) is 0 Å². The summed E-state index contributed by atoms with van der Waals surface area (Å²) >= 11 is 2.14. The van der Waals surface area contributed by atoms with Gasteiger partial charge in [0.25, 0.3) is 17.4 Å². The van der Waals surface area contributed by atoms with Gasteiger partial charge in [-0.25, -0.2) is 4.98 Å². The van der Waals surface area contributed by atoms with Crippen LogP contribution in [0.5, 0.6) is 5.75 Å². The van der Waals surface area contributed by atoms with Gasteiger partial charge in [0.2, 0.25) is 0 Å². The first kappa shape index (κ1) is 25.1. The van der Waals surface area contributed by atoms with Crippen LogP contribution in [0.3, 0.4) is 0 Å². The first-order chi connectivity index (χ1) is 17.8. The molecule has 0 saturated carbocycles. The fraction of sp³-hybridized carbons (Fsp3) is 0.214. The van der Waals surface area contributed by atoms with Crippen LogP contribution in [-0.2, 0) is 13.1 Å². The Morgan fingerprint density at radius 1 is 0.919 bits per heavy atom. The number of amides is 2. The minimum absolute atomic E-state index is 0.133. The minimum atomic E-state index is -0.419. The van der Waals surface area contributed by atoms with Crippen LogP contribution in [0.2, 0.25) is 0 Å². The molecule has 0 aliphatic carbocycles. The van der Waals surface area contributed by atoms with E-state index >= 15 is 0 Å². The first-order valence-electron chi connectivity index (χ1n) is 12.0. The van der Waals surface area contributed by atoms with E-state index in [1.165, 1.54) is 4.57 Å². The molecule has 3 aromatic carbocycles. The van der Waals surface area contributed by atoms with Crippen molar-refractivity contribution < 1.29 is 14.7 Å². The fourth-order valence-electron chi connectivity index (χ4n) is 4.63. The van der Waals surface area contributed by atoms with Gasteiger partial charge in [-0.15, -0.1) is 0 Å². The Morgan fingerprint density at radius 2 is 1.59 bits per heavy atom. The highest BCUT2D eigenvalue weighted by Crippen LogP contribution is 2.27. The maximum Gasteiger partial charge on any atom is 0.266 e. The zero-order valence-electron chi connectivity index (χ0n) is 20.4. The number of carbonyl (C=O) groups excluding carboxylic acids is 2. The lowest BCUT2D eigenvalue weighted by atomic mass is 10.1. The lowest BCUT2D eigenvalue weighted by Gasteiger charge is -2.21. The topological polar surface area (TPSA) is 95.7 Å². The van der Waals surface area contributed by atoms with Crippen molar-refractivity contribution in [1.82, 2.24) is 19.4 Å². The summed E-state index contributed by atoms with van der Waals surface area (Å²) in [6, 6.07) is 17.0. The number of fused-ring (bicyclic) bond motifs is 2. The Morgan fingerprint density at radius 3 is 2.24 bits per heavy atom. The number of aromatic nitrogens is 2. The van der Waals surface area contributed by atoms with Gasteiger partial charge in [-0.2, -0.15) is 0 Å². The molecule has 0 bridgehead atoms. The van der Waals surface area contributed by atoms with Gasteiger partial charge in [-0.1, -0.05) is 26.0 Å². The van der Waals surface area contributed by atoms with Crippen molar-refractivity contribution in [3.63, 3.8) is 0 Å². The van der Waals surface area contributed by atoms with Crippen molar-refractivity contribution in [1.29, 1.82) is 0 Å². The van der Waals surface area contributed by atoms with Crippen molar-refractivity contribution in [2.75, 3.05) is 13.1 Å². The molecule has 2 heterocycles. The zero-order valence-corrected chi connectivity index (χ0v) is 22.6. The molecule has 1 aliphatic heterocycles. The number of benzene rings is 3. The summed E-state index contributed by atoms with van der Waals surface area (Å²) in [5.74, 6) is -0.448. The van der Waals surface area contributed by atoms with Crippen LogP contribution >= 0.6 is 22.6 Å². The number of phenols is 1. The largest absolute Gasteiger partial charge is 0.508 e. The summed E-state index contributed by atoms with van der Waals surface area (Å²) in [4.78, 5) is 48.0. The maximum atomic E-state index is 13.8. The number of phenolic OH excluding ortho intramolecular Hbond substituents is 1. The Kier molecular flexibility index (Phi) is 6.82. The van der Waals surface area contributed by atoms with Crippen LogP contribution in [0.15, 0.2) is 65.5 Å². The summed E-state index contributed by atoms with van der Waals surface area (Å²) in [7, 11) is 0. The number of aromatic hydroxyl groups is 1. The molecule has 188 valence electrons. The third-order valence-electron chi connectivity index (χ3n) is 6.69. The molecule has 37 heavy (non-hydrogen) atoms. The summed E-state index contributed by atoms with van der Waals surface area (Å²) in [6.45, 7) is 6.04. The van der Waals surface area contributed by atoms with Crippen molar-refractivity contribution in [3.8, 4) is 11.4 Å². The molecule has 0 spiro atoms. The summed E-state index contributed by atoms with van der Waals surface area (Å²) in [5.41, 5.74) is 2.02. The van der Waals surface area contributed by atoms with Gasteiger partial charge in [0.1, 0.15) is 11.6 Å².